The van der Waals surface area contributed by atoms with E-state index in [0.29, 0.717) is 0 Å². The van der Waals surface area contributed by atoms with Crippen LogP contribution in [-0.2, 0) is 4.79 Å². The number of nitrogens with zero attached hydrogens (tertiary/aromatic N) is 1. The van der Waals surface area contributed by atoms with E-state index in [1.165, 1.54) is 38.0 Å². The highest BCUT2D eigenvalue weighted by atomic mass is 28.4. The van der Waals surface area contributed by atoms with Gasteiger partial charge in [-0.25, -0.2) is 0 Å². The molecule has 0 aliphatic carbocycles. The predicted octanol–water partition coefficient (Wildman–Crippen LogP) is 2.26. The molecular formula is C8H19F2NOSi2. The van der Waals surface area contributed by atoms with E-state index in [-0.39, 0.29) is 18.2 Å². The average molecular weight is 239 g/mol. The van der Waals surface area contributed by atoms with Gasteiger partial charge in [-0.15, -0.1) is 0 Å². The maximum absolute atomic E-state index is 13.4. The van der Waals surface area contributed by atoms with Crippen LogP contribution in [0, 0.1) is 0 Å². The molecule has 0 aromatic carbocycles. The normalized spacial score (nSPS) is 12.8. The van der Waals surface area contributed by atoms with Crippen molar-refractivity contribution in [1.82, 2.24) is 4.90 Å². The molecule has 0 bridgehead atoms. The number of amides is 1. The third-order valence-corrected chi connectivity index (χ3v) is 3.85. The highest BCUT2D eigenvalue weighted by Gasteiger charge is 2.31. The fraction of sp³-hybridized carbons (Fsp3) is 0.875. The van der Waals surface area contributed by atoms with Crippen LogP contribution in [0.25, 0.3) is 0 Å². The third-order valence-electron chi connectivity index (χ3n) is 1.58. The first-order valence-electron chi connectivity index (χ1n) is 4.65. The van der Waals surface area contributed by atoms with E-state index in [2.05, 4.69) is 0 Å². The second-order valence-corrected chi connectivity index (χ2v) is 12.3. The van der Waals surface area contributed by atoms with E-state index in [0.717, 1.165) is 0 Å². The van der Waals surface area contributed by atoms with Crippen LogP contribution in [0.5, 0.6) is 0 Å². The first kappa shape index (κ1) is 13.8. The molecule has 0 radical (unpaired) electrons. The Morgan fingerprint density at radius 1 is 1.07 bits per heavy atom. The van der Waals surface area contributed by atoms with Crippen LogP contribution < -0.4 is 0 Å². The van der Waals surface area contributed by atoms with Gasteiger partial charge in [0.2, 0.25) is 5.91 Å². The summed E-state index contributed by atoms with van der Waals surface area (Å²) in [6, 6.07) is 0. The lowest BCUT2D eigenvalue weighted by atomic mass is 10.6. The van der Waals surface area contributed by atoms with Gasteiger partial charge in [0, 0.05) is 19.3 Å². The summed E-state index contributed by atoms with van der Waals surface area (Å²) in [4.78, 5) is 12.5. The van der Waals surface area contributed by atoms with E-state index in [1.807, 2.05) is 0 Å². The zero-order valence-electron chi connectivity index (χ0n) is 9.53. The Hall–Kier alpha value is -0.236. The van der Waals surface area contributed by atoms with Gasteiger partial charge in [-0.05, 0) is 26.2 Å². The Morgan fingerprint density at radius 3 is 1.50 bits per heavy atom. The summed E-state index contributed by atoms with van der Waals surface area (Å²) in [7, 11) is -5.64. The minimum atomic E-state index is -2.82. The fourth-order valence-corrected chi connectivity index (χ4v) is 3.89. The Labute approximate surface area is 86.7 Å². The Bertz CT molecular complexity index is 194. The Morgan fingerprint density at radius 2 is 1.36 bits per heavy atom. The molecule has 0 heterocycles. The molecule has 0 aromatic rings. The third kappa shape index (κ3) is 7.19. The highest BCUT2D eigenvalue weighted by Crippen LogP contribution is 2.11. The first-order valence-corrected chi connectivity index (χ1v) is 10.8. The molecule has 0 aromatic heterocycles. The van der Waals surface area contributed by atoms with E-state index in [1.54, 1.807) is 0 Å². The molecule has 0 spiro atoms. The summed E-state index contributed by atoms with van der Waals surface area (Å²) >= 11 is 0. The van der Waals surface area contributed by atoms with Gasteiger partial charge in [-0.3, -0.25) is 4.79 Å². The van der Waals surface area contributed by atoms with Crippen molar-refractivity contribution in [2.24, 2.45) is 0 Å². The van der Waals surface area contributed by atoms with Crippen molar-refractivity contribution < 1.29 is 13.0 Å². The first-order chi connectivity index (χ1) is 6.01. The maximum atomic E-state index is 13.4. The Balaban J connectivity index is 4.40. The summed E-state index contributed by atoms with van der Waals surface area (Å²) < 4.78 is 26.8. The van der Waals surface area contributed by atoms with Crippen molar-refractivity contribution in [3.05, 3.63) is 0 Å². The summed E-state index contributed by atoms with van der Waals surface area (Å²) in [5.41, 5.74) is 0. The number of carbonyl (C=O) groups is 1. The molecule has 6 heteroatoms. The molecule has 0 saturated carbocycles. The van der Waals surface area contributed by atoms with Gasteiger partial charge in [0.25, 0.3) is 16.8 Å². The summed E-state index contributed by atoms with van der Waals surface area (Å²) in [5.74, 6) is -0.235. The van der Waals surface area contributed by atoms with E-state index in [4.69, 9.17) is 0 Å². The minimum absolute atomic E-state index is 0.0999. The molecule has 14 heavy (non-hydrogen) atoms. The van der Waals surface area contributed by atoms with Crippen molar-refractivity contribution in [1.29, 1.82) is 0 Å². The van der Waals surface area contributed by atoms with Gasteiger partial charge in [-0.1, -0.05) is 0 Å². The van der Waals surface area contributed by atoms with Gasteiger partial charge in [0.05, 0.1) is 0 Å². The van der Waals surface area contributed by atoms with Crippen LogP contribution in [0.3, 0.4) is 0 Å². The van der Waals surface area contributed by atoms with Gasteiger partial charge in [-0.2, -0.15) is 0 Å². The highest BCUT2D eigenvalue weighted by molar-refractivity contribution is 6.72. The van der Waals surface area contributed by atoms with Crippen LogP contribution in [0.4, 0.5) is 8.22 Å². The standard InChI is InChI=1S/C8H19F2NOSi2/c1-8(12)11(6-13(2,3)9)7-14(4,5)10/h6-7H2,1-5H3. The number of hydrogen-bond acceptors (Lipinski definition) is 1. The van der Waals surface area contributed by atoms with Gasteiger partial charge >= 0.3 is 0 Å². The van der Waals surface area contributed by atoms with E-state index < -0.39 is 16.8 Å². The molecule has 0 fully saturated rings. The van der Waals surface area contributed by atoms with Crippen molar-refractivity contribution in [2.45, 2.75) is 33.1 Å². The fourth-order valence-electron chi connectivity index (χ4n) is 1.19. The monoisotopic (exact) mass is 239 g/mol. The topological polar surface area (TPSA) is 20.3 Å². The molecule has 0 N–H and O–H groups in total. The van der Waals surface area contributed by atoms with Crippen molar-refractivity contribution in [2.75, 3.05) is 12.3 Å². The van der Waals surface area contributed by atoms with Crippen molar-refractivity contribution in [3.63, 3.8) is 0 Å². The lowest BCUT2D eigenvalue weighted by Crippen LogP contribution is -2.48. The largest absolute Gasteiger partial charge is 0.343 e. The second-order valence-electron chi connectivity index (χ2n) is 4.81. The quantitative estimate of drug-likeness (QED) is 0.544. The summed E-state index contributed by atoms with van der Waals surface area (Å²) in [6.45, 7) is 7.46. The van der Waals surface area contributed by atoms with Crippen LogP contribution in [-0.4, -0.2) is 40.0 Å². The zero-order valence-corrected chi connectivity index (χ0v) is 11.5. The zero-order chi connectivity index (χ0) is 11.6. The molecular weight excluding hydrogens is 220 g/mol. The number of hydrogen-bond donors (Lipinski definition) is 0. The molecule has 0 unspecified atom stereocenters. The van der Waals surface area contributed by atoms with E-state index >= 15 is 0 Å². The number of halogens is 2. The van der Waals surface area contributed by atoms with Gasteiger partial charge < -0.3 is 13.1 Å². The van der Waals surface area contributed by atoms with E-state index in [9.17, 15) is 13.0 Å². The molecule has 0 aliphatic heterocycles. The van der Waals surface area contributed by atoms with Crippen LogP contribution in [0.15, 0.2) is 0 Å². The molecule has 84 valence electrons. The lowest BCUT2D eigenvalue weighted by Gasteiger charge is -2.28. The van der Waals surface area contributed by atoms with Crippen LogP contribution in [0.2, 0.25) is 26.2 Å². The minimum Gasteiger partial charge on any atom is -0.343 e. The molecule has 0 rings (SSSR count). The number of rotatable bonds is 4. The average Bonchev–Trinajstić information content (AvgIpc) is 1.78. The predicted molar refractivity (Wildman–Crippen MR) is 59.4 cm³/mol. The molecule has 2 nitrogen and oxygen atoms in total. The smallest absolute Gasteiger partial charge is 0.259 e. The molecule has 1 amide bonds. The van der Waals surface area contributed by atoms with Crippen molar-refractivity contribution in [3.8, 4) is 0 Å². The van der Waals surface area contributed by atoms with Crippen LogP contribution in [0.1, 0.15) is 6.92 Å². The molecule has 0 saturated heterocycles. The summed E-state index contributed by atoms with van der Waals surface area (Å²) in [6.07, 6.45) is 0.200. The van der Waals surface area contributed by atoms with Crippen LogP contribution >= 0.6 is 0 Å². The van der Waals surface area contributed by atoms with Gasteiger partial charge in [0.15, 0.2) is 0 Å². The Kier molecular flexibility index (Phi) is 4.45. The summed E-state index contributed by atoms with van der Waals surface area (Å²) in [5, 5.41) is 0. The maximum Gasteiger partial charge on any atom is 0.259 e. The SMILES string of the molecule is CC(=O)N(C[Si](C)(C)F)C[Si](C)(C)F. The molecule has 0 aliphatic rings. The second kappa shape index (κ2) is 4.52. The lowest BCUT2D eigenvalue weighted by molar-refractivity contribution is -0.127. The van der Waals surface area contributed by atoms with Gasteiger partial charge in [0.1, 0.15) is 0 Å². The number of carbonyl (C=O) groups excluding carboxylic acids is 1. The molecule has 0 atom stereocenters. The van der Waals surface area contributed by atoms with Crippen molar-refractivity contribution >= 4 is 22.7 Å².